The van der Waals surface area contributed by atoms with Gasteiger partial charge >= 0.3 is 6.18 Å². The molecule has 126 valence electrons. The van der Waals surface area contributed by atoms with Crippen molar-refractivity contribution in [3.8, 4) is 0 Å². The number of pyridine rings is 1. The molecule has 1 aromatic heterocycles. The Hall–Kier alpha value is -2.57. The molecule has 1 amide bonds. The highest BCUT2D eigenvalue weighted by molar-refractivity contribution is 5.94. The topological polar surface area (TPSA) is 51.1 Å². The van der Waals surface area contributed by atoms with Gasteiger partial charge in [0.2, 0.25) is 0 Å². The minimum Gasteiger partial charge on any atom is -0.334 e. The molecule has 1 N–H and O–H groups in total. The van der Waals surface area contributed by atoms with E-state index in [-0.39, 0.29) is 24.0 Å². The molecule has 0 radical (unpaired) electrons. The van der Waals surface area contributed by atoms with E-state index in [1.54, 1.807) is 12.1 Å². The van der Waals surface area contributed by atoms with E-state index in [2.05, 4.69) is 5.32 Å². The van der Waals surface area contributed by atoms with Crippen molar-refractivity contribution >= 4 is 5.91 Å². The van der Waals surface area contributed by atoms with Crippen LogP contribution in [0.25, 0.3) is 0 Å². The fraction of sp³-hybridized carbons (Fsp3) is 0.294. The molecule has 4 nitrogen and oxygen atoms in total. The van der Waals surface area contributed by atoms with E-state index in [0.717, 1.165) is 6.07 Å². The van der Waals surface area contributed by atoms with Crippen molar-refractivity contribution in [1.82, 2.24) is 9.88 Å². The lowest BCUT2D eigenvalue weighted by atomic mass is 9.90. The molecule has 1 aliphatic rings. The van der Waals surface area contributed by atoms with E-state index in [9.17, 15) is 22.8 Å². The lowest BCUT2D eigenvalue weighted by molar-refractivity contribution is -0.197. The number of aryl methyl sites for hydroxylation is 2. The number of amides is 1. The maximum atomic E-state index is 13.8. The van der Waals surface area contributed by atoms with E-state index in [1.807, 2.05) is 0 Å². The third kappa shape index (κ3) is 2.50. The standard InChI is InChI=1S/C17H15F3N2O2/c1-22-9-7-12(10-14(22)23)15(24)21-16(17(18,19)20)8-6-11-4-2-3-5-13(11)16/h2-5,7,9-10H,6,8H2,1H3,(H,21,24). The number of hydrogen-bond donors (Lipinski definition) is 1. The first kappa shape index (κ1) is 16.3. The van der Waals surface area contributed by atoms with Crippen LogP contribution in [0, 0.1) is 0 Å². The molecule has 0 bridgehead atoms. The highest BCUT2D eigenvalue weighted by atomic mass is 19.4. The molecule has 1 aliphatic carbocycles. The first-order valence-electron chi connectivity index (χ1n) is 7.39. The molecule has 2 aromatic rings. The number of carbonyl (C=O) groups is 1. The van der Waals surface area contributed by atoms with Crippen LogP contribution in [0.2, 0.25) is 0 Å². The Bertz CT molecular complexity index is 857. The van der Waals surface area contributed by atoms with E-state index in [1.165, 1.54) is 36.0 Å². The molecule has 0 fully saturated rings. The zero-order valence-electron chi connectivity index (χ0n) is 12.9. The molecule has 3 rings (SSSR count). The number of halogens is 3. The summed E-state index contributed by atoms with van der Waals surface area (Å²) in [6.45, 7) is 0. The number of hydrogen-bond acceptors (Lipinski definition) is 2. The number of nitrogens with zero attached hydrogens (tertiary/aromatic N) is 1. The van der Waals surface area contributed by atoms with Crippen LogP contribution in [-0.2, 0) is 19.0 Å². The summed E-state index contributed by atoms with van der Waals surface area (Å²) >= 11 is 0. The Morgan fingerprint density at radius 3 is 2.62 bits per heavy atom. The number of carbonyl (C=O) groups excluding carboxylic acids is 1. The Morgan fingerprint density at radius 2 is 1.96 bits per heavy atom. The van der Waals surface area contributed by atoms with Gasteiger partial charge in [0.15, 0.2) is 5.54 Å². The quantitative estimate of drug-likeness (QED) is 0.916. The van der Waals surface area contributed by atoms with Gasteiger partial charge < -0.3 is 9.88 Å². The minimum atomic E-state index is -4.64. The third-order valence-corrected chi connectivity index (χ3v) is 4.42. The lowest BCUT2D eigenvalue weighted by Gasteiger charge is -2.33. The first-order valence-corrected chi connectivity index (χ1v) is 7.39. The number of aromatic nitrogens is 1. The van der Waals surface area contributed by atoms with Crippen molar-refractivity contribution < 1.29 is 18.0 Å². The van der Waals surface area contributed by atoms with Crippen LogP contribution < -0.4 is 10.9 Å². The number of nitrogens with one attached hydrogen (secondary N) is 1. The number of fused-ring (bicyclic) bond motifs is 1. The van der Waals surface area contributed by atoms with E-state index in [4.69, 9.17) is 0 Å². The summed E-state index contributed by atoms with van der Waals surface area (Å²) in [6.07, 6.45) is -3.33. The van der Waals surface area contributed by atoms with Gasteiger partial charge in [-0.25, -0.2) is 0 Å². The summed E-state index contributed by atoms with van der Waals surface area (Å²) in [5, 5.41) is 2.14. The summed E-state index contributed by atoms with van der Waals surface area (Å²) in [6, 6.07) is 8.57. The van der Waals surface area contributed by atoms with Crippen molar-refractivity contribution in [2.24, 2.45) is 7.05 Å². The Kier molecular flexibility index (Phi) is 3.74. The van der Waals surface area contributed by atoms with Gasteiger partial charge in [-0.2, -0.15) is 13.2 Å². The van der Waals surface area contributed by atoms with Gasteiger partial charge in [0.1, 0.15) is 0 Å². The molecule has 1 aromatic carbocycles. The highest BCUT2D eigenvalue weighted by Crippen LogP contribution is 2.48. The van der Waals surface area contributed by atoms with Crippen molar-refractivity contribution in [3.05, 3.63) is 69.6 Å². The summed E-state index contributed by atoms with van der Waals surface area (Å²) in [5.74, 6) is -0.915. The Labute approximate surface area is 135 Å². The molecular weight excluding hydrogens is 321 g/mol. The highest BCUT2D eigenvalue weighted by Gasteiger charge is 2.59. The molecule has 7 heteroatoms. The number of rotatable bonds is 2. The van der Waals surface area contributed by atoms with Gasteiger partial charge in [0.25, 0.3) is 11.5 Å². The molecule has 1 atom stereocenters. The van der Waals surface area contributed by atoms with Crippen molar-refractivity contribution in [2.45, 2.75) is 24.6 Å². The average Bonchev–Trinajstić information content (AvgIpc) is 2.90. The second kappa shape index (κ2) is 5.51. The smallest absolute Gasteiger partial charge is 0.334 e. The molecule has 0 aliphatic heterocycles. The van der Waals surface area contributed by atoms with Crippen LogP contribution in [0.5, 0.6) is 0 Å². The second-order valence-corrected chi connectivity index (χ2v) is 5.88. The Morgan fingerprint density at radius 1 is 1.25 bits per heavy atom. The fourth-order valence-electron chi connectivity index (χ4n) is 3.06. The van der Waals surface area contributed by atoms with Crippen molar-refractivity contribution in [1.29, 1.82) is 0 Å². The molecular formula is C17H15F3N2O2. The van der Waals surface area contributed by atoms with E-state index >= 15 is 0 Å². The maximum Gasteiger partial charge on any atom is 0.415 e. The maximum absolute atomic E-state index is 13.8. The van der Waals surface area contributed by atoms with E-state index < -0.39 is 23.2 Å². The van der Waals surface area contributed by atoms with E-state index in [0.29, 0.717) is 5.56 Å². The number of benzene rings is 1. The lowest BCUT2D eigenvalue weighted by Crippen LogP contribution is -2.54. The van der Waals surface area contributed by atoms with Gasteiger partial charge in [-0.1, -0.05) is 24.3 Å². The Balaban J connectivity index is 2.02. The van der Waals surface area contributed by atoms with Gasteiger partial charge in [0.05, 0.1) is 0 Å². The molecule has 0 saturated heterocycles. The molecule has 0 saturated carbocycles. The van der Waals surface area contributed by atoms with Gasteiger partial charge in [-0.05, 0) is 30.0 Å². The van der Waals surface area contributed by atoms with Crippen LogP contribution in [-0.4, -0.2) is 16.7 Å². The molecule has 1 unspecified atom stereocenters. The van der Waals surface area contributed by atoms with Crippen LogP contribution in [0.3, 0.4) is 0 Å². The average molecular weight is 336 g/mol. The second-order valence-electron chi connectivity index (χ2n) is 5.88. The normalized spacial score (nSPS) is 19.8. The van der Waals surface area contributed by atoms with Crippen LogP contribution in [0.15, 0.2) is 47.4 Å². The fourth-order valence-corrected chi connectivity index (χ4v) is 3.06. The SMILES string of the molecule is Cn1ccc(C(=O)NC2(C(F)(F)F)CCc3ccccc32)cc1=O. The predicted octanol–water partition coefficient (Wildman–Crippen LogP) is 2.52. The molecule has 24 heavy (non-hydrogen) atoms. The van der Waals surface area contributed by atoms with Gasteiger partial charge in [0, 0.05) is 24.9 Å². The monoisotopic (exact) mass is 336 g/mol. The van der Waals surface area contributed by atoms with Crippen LogP contribution in [0.1, 0.15) is 27.9 Å². The van der Waals surface area contributed by atoms with Crippen molar-refractivity contribution in [3.63, 3.8) is 0 Å². The molecule has 0 spiro atoms. The summed E-state index contributed by atoms with van der Waals surface area (Å²) in [4.78, 5) is 24.0. The van der Waals surface area contributed by atoms with Crippen LogP contribution in [0.4, 0.5) is 13.2 Å². The zero-order chi connectivity index (χ0) is 17.5. The third-order valence-electron chi connectivity index (χ3n) is 4.42. The van der Waals surface area contributed by atoms with Crippen LogP contribution >= 0.6 is 0 Å². The molecule has 1 heterocycles. The predicted molar refractivity (Wildman–Crippen MR) is 81.6 cm³/mol. The minimum absolute atomic E-state index is 0.0645. The number of alkyl halides is 3. The summed E-state index contributed by atoms with van der Waals surface area (Å²) < 4.78 is 42.7. The van der Waals surface area contributed by atoms with Gasteiger partial charge in [-0.3, -0.25) is 9.59 Å². The largest absolute Gasteiger partial charge is 0.415 e. The first-order chi connectivity index (χ1) is 11.2. The van der Waals surface area contributed by atoms with Gasteiger partial charge in [-0.15, -0.1) is 0 Å². The summed E-state index contributed by atoms with van der Waals surface area (Å²) in [5.41, 5.74) is -2.35. The zero-order valence-corrected chi connectivity index (χ0v) is 12.9. The summed E-state index contributed by atoms with van der Waals surface area (Å²) in [7, 11) is 1.49. The van der Waals surface area contributed by atoms with Crippen molar-refractivity contribution in [2.75, 3.05) is 0 Å².